The predicted molar refractivity (Wildman–Crippen MR) is 75.3 cm³/mol. The lowest BCUT2D eigenvalue weighted by Crippen LogP contribution is -2.43. The van der Waals surface area contributed by atoms with Crippen LogP contribution in [0.5, 0.6) is 0 Å². The third-order valence-electron chi connectivity index (χ3n) is 2.60. The number of hydrogen-bond acceptors (Lipinski definition) is 3. The molecule has 0 aliphatic heterocycles. The Balaban J connectivity index is 2.46. The number of carbonyl (C=O) groups is 1. The van der Waals surface area contributed by atoms with Gasteiger partial charge in [-0.3, -0.25) is 4.79 Å². The van der Waals surface area contributed by atoms with Gasteiger partial charge in [0.05, 0.1) is 12.1 Å². The summed E-state index contributed by atoms with van der Waals surface area (Å²) in [6, 6.07) is 7.18. The van der Waals surface area contributed by atoms with E-state index in [4.69, 9.17) is 0 Å². The van der Waals surface area contributed by atoms with E-state index in [1.165, 1.54) is 0 Å². The van der Waals surface area contributed by atoms with Gasteiger partial charge in [0.2, 0.25) is 5.91 Å². The molecule has 2 atom stereocenters. The van der Waals surface area contributed by atoms with E-state index in [-0.39, 0.29) is 11.9 Å². The van der Waals surface area contributed by atoms with Crippen LogP contribution in [0.1, 0.15) is 25.5 Å². The van der Waals surface area contributed by atoms with Crippen molar-refractivity contribution < 1.29 is 9.90 Å². The number of aliphatic hydroxyl groups excluding tert-OH is 1. The largest absolute Gasteiger partial charge is 0.387 e. The van der Waals surface area contributed by atoms with Crippen molar-refractivity contribution in [3.05, 3.63) is 34.3 Å². The Kier molecular flexibility index (Phi) is 6.32. The number of halogens is 1. The van der Waals surface area contributed by atoms with Gasteiger partial charge in [-0.05, 0) is 31.5 Å². The van der Waals surface area contributed by atoms with E-state index in [0.29, 0.717) is 13.1 Å². The van der Waals surface area contributed by atoms with E-state index in [9.17, 15) is 9.90 Å². The molecule has 0 aromatic heterocycles. The maximum Gasteiger partial charge on any atom is 0.236 e. The lowest BCUT2D eigenvalue weighted by molar-refractivity contribution is -0.122. The van der Waals surface area contributed by atoms with Crippen LogP contribution < -0.4 is 10.6 Å². The minimum absolute atomic E-state index is 0.0565. The van der Waals surface area contributed by atoms with Crippen LogP contribution in [0.3, 0.4) is 0 Å². The summed E-state index contributed by atoms with van der Waals surface area (Å²) in [6.45, 7) is 4.60. The zero-order valence-corrected chi connectivity index (χ0v) is 12.2. The van der Waals surface area contributed by atoms with Gasteiger partial charge in [0.25, 0.3) is 0 Å². The van der Waals surface area contributed by atoms with E-state index >= 15 is 0 Å². The average molecular weight is 315 g/mol. The molecule has 4 nitrogen and oxygen atoms in total. The van der Waals surface area contributed by atoms with Gasteiger partial charge in [-0.15, -0.1) is 0 Å². The van der Waals surface area contributed by atoms with Gasteiger partial charge in [-0.25, -0.2) is 0 Å². The van der Waals surface area contributed by atoms with Crippen molar-refractivity contribution in [3.8, 4) is 0 Å². The highest BCUT2D eigenvalue weighted by molar-refractivity contribution is 9.10. The minimum atomic E-state index is -0.626. The van der Waals surface area contributed by atoms with Crippen LogP contribution in [-0.2, 0) is 4.79 Å². The van der Waals surface area contributed by atoms with Crippen LogP contribution in [0.2, 0.25) is 0 Å². The highest BCUT2D eigenvalue weighted by atomic mass is 79.9. The maximum atomic E-state index is 11.5. The predicted octanol–water partition coefficient (Wildman–Crippen LogP) is 1.60. The molecule has 2 unspecified atom stereocenters. The standard InChI is InChI=1S/C13H19BrN2O2/c1-3-15-13(18)9(2)16-8-12(17)10-5-4-6-11(14)7-10/h4-7,9,12,16-17H,3,8H2,1-2H3,(H,15,18). The molecule has 0 saturated heterocycles. The molecule has 0 bridgehead atoms. The van der Waals surface area contributed by atoms with Crippen molar-refractivity contribution in [1.29, 1.82) is 0 Å². The van der Waals surface area contributed by atoms with Crippen molar-refractivity contribution in [2.24, 2.45) is 0 Å². The smallest absolute Gasteiger partial charge is 0.236 e. The summed E-state index contributed by atoms with van der Waals surface area (Å²) >= 11 is 3.36. The summed E-state index contributed by atoms with van der Waals surface area (Å²) in [7, 11) is 0. The molecule has 5 heteroatoms. The van der Waals surface area contributed by atoms with E-state index < -0.39 is 6.10 Å². The molecule has 0 aliphatic rings. The Morgan fingerprint density at radius 3 is 2.83 bits per heavy atom. The van der Waals surface area contributed by atoms with E-state index in [0.717, 1.165) is 10.0 Å². The van der Waals surface area contributed by atoms with Gasteiger partial charge in [0, 0.05) is 17.6 Å². The number of carbonyl (C=O) groups excluding carboxylic acids is 1. The zero-order valence-electron chi connectivity index (χ0n) is 10.6. The minimum Gasteiger partial charge on any atom is -0.387 e. The lowest BCUT2D eigenvalue weighted by Gasteiger charge is -2.17. The van der Waals surface area contributed by atoms with Crippen LogP contribution in [-0.4, -0.2) is 30.1 Å². The second-order valence-electron chi connectivity index (χ2n) is 4.10. The fraction of sp³-hybridized carbons (Fsp3) is 0.462. The highest BCUT2D eigenvalue weighted by Crippen LogP contribution is 2.17. The molecule has 18 heavy (non-hydrogen) atoms. The summed E-state index contributed by atoms with van der Waals surface area (Å²) in [5.41, 5.74) is 0.819. The Bertz CT molecular complexity index is 398. The van der Waals surface area contributed by atoms with Gasteiger partial charge in [0.1, 0.15) is 0 Å². The van der Waals surface area contributed by atoms with Crippen molar-refractivity contribution >= 4 is 21.8 Å². The number of hydrogen-bond donors (Lipinski definition) is 3. The van der Waals surface area contributed by atoms with E-state index in [2.05, 4.69) is 26.6 Å². The third-order valence-corrected chi connectivity index (χ3v) is 3.09. The van der Waals surface area contributed by atoms with Crippen LogP contribution in [0.15, 0.2) is 28.7 Å². The van der Waals surface area contributed by atoms with Gasteiger partial charge >= 0.3 is 0 Å². The first-order valence-corrected chi connectivity index (χ1v) is 6.78. The summed E-state index contributed by atoms with van der Waals surface area (Å²) in [5, 5.41) is 15.7. The number of aliphatic hydroxyl groups is 1. The number of amides is 1. The van der Waals surface area contributed by atoms with Gasteiger partial charge in [0.15, 0.2) is 0 Å². The maximum absolute atomic E-state index is 11.5. The normalized spacial score (nSPS) is 14.0. The fourth-order valence-corrected chi connectivity index (χ4v) is 1.96. The number of benzene rings is 1. The second-order valence-corrected chi connectivity index (χ2v) is 5.01. The summed E-state index contributed by atoms with van der Waals surface area (Å²) in [4.78, 5) is 11.5. The van der Waals surface area contributed by atoms with Crippen LogP contribution in [0, 0.1) is 0 Å². The Hall–Kier alpha value is -0.910. The number of likely N-dealkylation sites (N-methyl/N-ethyl adjacent to an activating group) is 1. The third kappa shape index (κ3) is 4.76. The quantitative estimate of drug-likeness (QED) is 0.747. The molecular formula is C13H19BrN2O2. The summed E-state index contributed by atoms with van der Waals surface area (Å²) in [5.74, 6) is -0.0565. The summed E-state index contributed by atoms with van der Waals surface area (Å²) in [6.07, 6.45) is -0.626. The molecule has 0 spiro atoms. The van der Waals surface area contributed by atoms with Crippen molar-refractivity contribution in [2.75, 3.05) is 13.1 Å². The van der Waals surface area contributed by atoms with Gasteiger partial charge in [-0.1, -0.05) is 28.1 Å². The molecule has 1 amide bonds. The molecule has 1 aromatic rings. The molecular weight excluding hydrogens is 296 g/mol. The molecule has 0 radical (unpaired) electrons. The SMILES string of the molecule is CCNC(=O)C(C)NCC(O)c1cccc(Br)c1. The van der Waals surface area contributed by atoms with Crippen molar-refractivity contribution in [1.82, 2.24) is 10.6 Å². The second kappa shape index (κ2) is 7.51. The first-order valence-electron chi connectivity index (χ1n) is 5.99. The molecule has 0 aliphatic carbocycles. The van der Waals surface area contributed by atoms with E-state index in [1.54, 1.807) is 6.92 Å². The molecule has 1 aromatic carbocycles. The summed E-state index contributed by atoms with van der Waals surface area (Å²) < 4.78 is 0.927. The lowest BCUT2D eigenvalue weighted by atomic mass is 10.1. The molecule has 1 rings (SSSR count). The first kappa shape index (κ1) is 15.1. The zero-order chi connectivity index (χ0) is 13.5. The molecule has 0 saturated carbocycles. The average Bonchev–Trinajstić information content (AvgIpc) is 2.35. The molecule has 100 valence electrons. The van der Waals surface area contributed by atoms with Crippen LogP contribution >= 0.6 is 15.9 Å². The van der Waals surface area contributed by atoms with Crippen molar-refractivity contribution in [3.63, 3.8) is 0 Å². The van der Waals surface area contributed by atoms with E-state index in [1.807, 2.05) is 31.2 Å². The fourth-order valence-electron chi connectivity index (χ4n) is 1.54. The Morgan fingerprint density at radius 2 is 2.22 bits per heavy atom. The Labute approximate surface area is 116 Å². The van der Waals surface area contributed by atoms with Crippen LogP contribution in [0.25, 0.3) is 0 Å². The van der Waals surface area contributed by atoms with Gasteiger partial charge < -0.3 is 15.7 Å². The first-order chi connectivity index (χ1) is 8.54. The Morgan fingerprint density at radius 1 is 1.50 bits per heavy atom. The van der Waals surface area contributed by atoms with Crippen LogP contribution in [0.4, 0.5) is 0 Å². The highest BCUT2D eigenvalue weighted by Gasteiger charge is 2.14. The number of rotatable bonds is 6. The molecule has 3 N–H and O–H groups in total. The monoisotopic (exact) mass is 314 g/mol. The molecule has 0 heterocycles. The number of nitrogens with one attached hydrogen (secondary N) is 2. The van der Waals surface area contributed by atoms with Gasteiger partial charge in [-0.2, -0.15) is 0 Å². The molecule has 0 fully saturated rings. The van der Waals surface area contributed by atoms with Crippen molar-refractivity contribution in [2.45, 2.75) is 26.0 Å². The topological polar surface area (TPSA) is 61.4 Å².